The molecular weight excluding hydrogens is 216 g/mol. The van der Waals surface area contributed by atoms with Crippen molar-refractivity contribution in [1.29, 1.82) is 0 Å². The van der Waals surface area contributed by atoms with Gasteiger partial charge in [-0.2, -0.15) is 0 Å². The van der Waals surface area contributed by atoms with Crippen LogP contribution in [0.2, 0.25) is 0 Å². The molecule has 17 heavy (non-hydrogen) atoms. The van der Waals surface area contributed by atoms with E-state index < -0.39 is 0 Å². The van der Waals surface area contributed by atoms with Crippen molar-refractivity contribution >= 4 is 5.91 Å². The second-order valence-corrected chi connectivity index (χ2v) is 6.03. The van der Waals surface area contributed by atoms with Crippen LogP contribution in [0, 0.1) is 5.92 Å². The first-order chi connectivity index (χ1) is 7.90. The lowest BCUT2D eigenvalue weighted by molar-refractivity contribution is -0.124. The van der Waals surface area contributed by atoms with Gasteiger partial charge < -0.3 is 10.4 Å². The molecule has 1 fully saturated rings. The monoisotopic (exact) mass is 242 g/mol. The van der Waals surface area contributed by atoms with Gasteiger partial charge in [0.15, 0.2) is 0 Å². The summed E-state index contributed by atoms with van der Waals surface area (Å²) in [4.78, 5) is 13.9. The molecule has 0 radical (unpaired) electrons. The molecule has 1 saturated heterocycles. The number of hydrogen-bond donors (Lipinski definition) is 2. The molecule has 4 heteroatoms. The van der Waals surface area contributed by atoms with E-state index in [1.807, 2.05) is 20.8 Å². The average Bonchev–Trinajstić information content (AvgIpc) is 2.18. The zero-order valence-electron chi connectivity index (χ0n) is 11.3. The Hall–Kier alpha value is -0.610. The number of piperidine rings is 1. The lowest BCUT2D eigenvalue weighted by Crippen LogP contribution is -2.47. The third kappa shape index (κ3) is 6.03. The fourth-order valence-electron chi connectivity index (χ4n) is 2.28. The average molecular weight is 242 g/mol. The molecule has 0 aromatic rings. The van der Waals surface area contributed by atoms with Gasteiger partial charge in [0.1, 0.15) is 0 Å². The molecule has 0 saturated carbocycles. The van der Waals surface area contributed by atoms with Crippen molar-refractivity contribution in [3.63, 3.8) is 0 Å². The number of carbonyl (C=O) groups excluding carboxylic acids is 1. The largest absolute Gasteiger partial charge is 0.396 e. The van der Waals surface area contributed by atoms with E-state index >= 15 is 0 Å². The van der Waals surface area contributed by atoms with E-state index in [0.717, 1.165) is 32.4 Å². The van der Waals surface area contributed by atoms with Crippen LogP contribution < -0.4 is 5.32 Å². The maximum Gasteiger partial charge on any atom is 0.234 e. The van der Waals surface area contributed by atoms with Crippen molar-refractivity contribution in [2.24, 2.45) is 5.92 Å². The van der Waals surface area contributed by atoms with Gasteiger partial charge in [0.05, 0.1) is 6.54 Å². The van der Waals surface area contributed by atoms with E-state index in [-0.39, 0.29) is 18.1 Å². The van der Waals surface area contributed by atoms with Crippen LogP contribution in [0.4, 0.5) is 0 Å². The summed E-state index contributed by atoms with van der Waals surface area (Å²) in [6.07, 6.45) is 3.11. The number of aliphatic hydroxyl groups is 1. The molecule has 1 rings (SSSR count). The molecule has 0 aromatic heterocycles. The van der Waals surface area contributed by atoms with Crippen molar-refractivity contribution in [2.75, 3.05) is 26.2 Å². The van der Waals surface area contributed by atoms with Crippen molar-refractivity contribution in [2.45, 2.75) is 45.6 Å². The first-order valence-corrected chi connectivity index (χ1v) is 6.55. The van der Waals surface area contributed by atoms with Crippen LogP contribution in [0.3, 0.4) is 0 Å². The van der Waals surface area contributed by atoms with Crippen molar-refractivity contribution in [3.05, 3.63) is 0 Å². The van der Waals surface area contributed by atoms with Crippen LogP contribution >= 0.6 is 0 Å². The number of hydrogen-bond acceptors (Lipinski definition) is 3. The summed E-state index contributed by atoms with van der Waals surface area (Å²) in [5.41, 5.74) is -0.147. The topological polar surface area (TPSA) is 52.6 Å². The van der Waals surface area contributed by atoms with Gasteiger partial charge in [-0.25, -0.2) is 0 Å². The molecule has 0 atom stereocenters. The summed E-state index contributed by atoms with van der Waals surface area (Å²) in [7, 11) is 0. The summed E-state index contributed by atoms with van der Waals surface area (Å²) < 4.78 is 0. The molecule has 0 bridgehead atoms. The van der Waals surface area contributed by atoms with Gasteiger partial charge in [0, 0.05) is 12.1 Å². The standard InChI is InChI=1S/C13H26N2O2/c1-13(2,3)14-12(17)10-15-7-4-11(5-8-15)6-9-16/h11,16H,4-10H2,1-3H3,(H,14,17). The maximum absolute atomic E-state index is 11.7. The van der Waals surface area contributed by atoms with E-state index in [0.29, 0.717) is 12.5 Å². The second-order valence-electron chi connectivity index (χ2n) is 6.03. The van der Waals surface area contributed by atoms with Crippen LogP contribution in [-0.4, -0.2) is 47.7 Å². The number of nitrogens with zero attached hydrogens (tertiary/aromatic N) is 1. The van der Waals surface area contributed by atoms with E-state index in [1.165, 1.54) is 0 Å². The van der Waals surface area contributed by atoms with Gasteiger partial charge in [-0.05, 0) is 59.0 Å². The molecule has 0 aromatic carbocycles. The molecule has 4 nitrogen and oxygen atoms in total. The van der Waals surface area contributed by atoms with E-state index in [4.69, 9.17) is 5.11 Å². The van der Waals surface area contributed by atoms with Crippen molar-refractivity contribution in [1.82, 2.24) is 10.2 Å². The summed E-state index contributed by atoms with van der Waals surface area (Å²) in [6, 6.07) is 0. The SMILES string of the molecule is CC(C)(C)NC(=O)CN1CCC(CCO)CC1. The highest BCUT2D eigenvalue weighted by Gasteiger charge is 2.21. The van der Waals surface area contributed by atoms with Gasteiger partial charge in [-0.3, -0.25) is 9.69 Å². The predicted molar refractivity (Wildman–Crippen MR) is 68.8 cm³/mol. The Morgan fingerprint density at radius 2 is 1.94 bits per heavy atom. The predicted octanol–water partition coefficient (Wildman–Crippen LogP) is 0.995. The highest BCUT2D eigenvalue weighted by atomic mass is 16.3. The normalized spacial score (nSPS) is 19.3. The van der Waals surface area contributed by atoms with Gasteiger partial charge in [-0.1, -0.05) is 0 Å². The summed E-state index contributed by atoms with van der Waals surface area (Å²) in [5.74, 6) is 0.750. The van der Waals surface area contributed by atoms with Crippen LogP contribution in [0.15, 0.2) is 0 Å². The Labute approximate surface area is 104 Å². The highest BCUT2D eigenvalue weighted by molar-refractivity contribution is 5.78. The Balaban J connectivity index is 2.24. The number of carbonyl (C=O) groups is 1. The molecule has 1 amide bonds. The van der Waals surface area contributed by atoms with Gasteiger partial charge in [0.25, 0.3) is 0 Å². The molecule has 100 valence electrons. The van der Waals surface area contributed by atoms with Crippen molar-refractivity contribution in [3.8, 4) is 0 Å². The first kappa shape index (κ1) is 14.5. The minimum Gasteiger partial charge on any atom is -0.396 e. The van der Waals surface area contributed by atoms with Crippen LogP contribution in [0.5, 0.6) is 0 Å². The lowest BCUT2D eigenvalue weighted by atomic mass is 9.94. The summed E-state index contributed by atoms with van der Waals surface area (Å²) in [5, 5.41) is 11.9. The summed E-state index contributed by atoms with van der Waals surface area (Å²) in [6.45, 7) is 8.73. The van der Waals surface area contributed by atoms with E-state index in [2.05, 4.69) is 10.2 Å². The van der Waals surface area contributed by atoms with Crippen LogP contribution in [0.1, 0.15) is 40.0 Å². The Morgan fingerprint density at radius 1 is 1.35 bits per heavy atom. The van der Waals surface area contributed by atoms with E-state index in [1.54, 1.807) is 0 Å². The number of nitrogens with one attached hydrogen (secondary N) is 1. The fraction of sp³-hybridized carbons (Fsp3) is 0.923. The highest BCUT2D eigenvalue weighted by Crippen LogP contribution is 2.19. The maximum atomic E-state index is 11.7. The minimum absolute atomic E-state index is 0.109. The molecule has 0 aliphatic carbocycles. The molecule has 2 N–H and O–H groups in total. The van der Waals surface area contributed by atoms with Gasteiger partial charge in [0.2, 0.25) is 5.91 Å². The molecule has 0 spiro atoms. The molecule has 0 unspecified atom stereocenters. The minimum atomic E-state index is -0.147. The Morgan fingerprint density at radius 3 is 2.41 bits per heavy atom. The summed E-state index contributed by atoms with van der Waals surface area (Å²) >= 11 is 0. The second kappa shape index (κ2) is 6.36. The van der Waals surface area contributed by atoms with Crippen LogP contribution in [0.25, 0.3) is 0 Å². The van der Waals surface area contributed by atoms with Crippen molar-refractivity contribution < 1.29 is 9.90 Å². The zero-order chi connectivity index (χ0) is 12.9. The molecule has 1 heterocycles. The quantitative estimate of drug-likeness (QED) is 0.773. The molecular formula is C13H26N2O2. The zero-order valence-corrected chi connectivity index (χ0v) is 11.3. The third-order valence-corrected chi connectivity index (χ3v) is 3.13. The Kier molecular flexibility index (Phi) is 5.40. The van der Waals surface area contributed by atoms with Gasteiger partial charge >= 0.3 is 0 Å². The number of aliphatic hydroxyl groups excluding tert-OH is 1. The smallest absolute Gasteiger partial charge is 0.234 e. The third-order valence-electron chi connectivity index (χ3n) is 3.13. The molecule has 1 aliphatic heterocycles. The fourth-order valence-corrected chi connectivity index (χ4v) is 2.28. The first-order valence-electron chi connectivity index (χ1n) is 6.55. The van der Waals surface area contributed by atoms with Gasteiger partial charge in [-0.15, -0.1) is 0 Å². The number of rotatable bonds is 4. The number of likely N-dealkylation sites (tertiary alicyclic amines) is 1. The van der Waals surface area contributed by atoms with Crippen LogP contribution in [-0.2, 0) is 4.79 Å². The molecule has 1 aliphatic rings. The Bertz CT molecular complexity index is 240. The van der Waals surface area contributed by atoms with E-state index in [9.17, 15) is 4.79 Å². The lowest BCUT2D eigenvalue weighted by Gasteiger charge is -2.32. The number of amides is 1.